The lowest BCUT2D eigenvalue weighted by Gasteiger charge is -2.05. The van der Waals surface area contributed by atoms with Gasteiger partial charge in [-0.1, -0.05) is 86.5 Å². The highest BCUT2D eigenvalue weighted by molar-refractivity contribution is 4.68. The van der Waals surface area contributed by atoms with Crippen molar-refractivity contribution in [2.24, 2.45) is 11.8 Å². The Morgan fingerprint density at radius 3 is 1.06 bits per heavy atom. The third-order valence-corrected chi connectivity index (χ3v) is 2.96. The van der Waals surface area contributed by atoms with Crippen LogP contribution in [0.4, 0.5) is 0 Å². The molecule has 0 spiro atoms. The predicted molar refractivity (Wildman–Crippen MR) is 78.0 cm³/mol. The summed E-state index contributed by atoms with van der Waals surface area (Å²) < 4.78 is 0. The van der Waals surface area contributed by atoms with E-state index in [9.17, 15) is 0 Å². The van der Waals surface area contributed by atoms with Gasteiger partial charge in [0.05, 0.1) is 0 Å². The molecule has 0 nitrogen and oxygen atoms in total. The van der Waals surface area contributed by atoms with Crippen LogP contribution in [-0.4, -0.2) is 0 Å². The molecule has 16 heavy (non-hydrogen) atoms. The highest BCUT2D eigenvalue weighted by Gasteiger charge is 2.15. The van der Waals surface area contributed by atoms with Gasteiger partial charge in [-0.15, -0.1) is 0 Å². The van der Waals surface area contributed by atoms with Crippen LogP contribution in [-0.2, 0) is 0 Å². The molecule has 100 valence electrons. The fraction of sp³-hybridized carbons (Fsp3) is 1.00. The van der Waals surface area contributed by atoms with E-state index in [0.717, 1.165) is 11.8 Å². The Bertz CT molecular complexity index is 90.6. The topological polar surface area (TPSA) is 0 Å². The first-order chi connectivity index (χ1) is 7.70. The van der Waals surface area contributed by atoms with Crippen molar-refractivity contribution in [2.45, 2.75) is 92.9 Å². The molecule has 2 aliphatic carbocycles. The minimum atomic E-state index is 1.02. The van der Waals surface area contributed by atoms with Crippen molar-refractivity contribution in [3.63, 3.8) is 0 Å². The lowest BCUT2D eigenvalue weighted by molar-refractivity contribution is 0.504. The summed E-state index contributed by atoms with van der Waals surface area (Å²) in [5.41, 5.74) is 0. The third-order valence-electron chi connectivity index (χ3n) is 2.96. The minimum absolute atomic E-state index is 1.02. The molecule has 0 aromatic carbocycles. The van der Waals surface area contributed by atoms with Gasteiger partial charge in [-0.3, -0.25) is 0 Å². The molecule has 0 N–H and O–H groups in total. The first kappa shape index (κ1) is 18.4. The molecule has 0 heteroatoms. The molecule has 0 radical (unpaired) electrons. The summed E-state index contributed by atoms with van der Waals surface area (Å²) >= 11 is 0. The number of hydrogen-bond donors (Lipinski definition) is 0. The minimum Gasteiger partial charge on any atom is -0.0683 e. The normalized spacial score (nSPS) is 25.9. The van der Waals surface area contributed by atoms with Crippen molar-refractivity contribution in [3.8, 4) is 0 Å². The maximum Gasteiger partial charge on any atom is -0.0440 e. The van der Waals surface area contributed by atoms with E-state index in [1.807, 2.05) is 13.8 Å². The summed E-state index contributed by atoms with van der Waals surface area (Å²) in [7, 11) is 0. The van der Waals surface area contributed by atoms with Crippen LogP contribution < -0.4 is 0 Å². The Labute approximate surface area is 105 Å². The van der Waals surface area contributed by atoms with Gasteiger partial charge in [-0.2, -0.15) is 0 Å². The molecule has 0 saturated heterocycles. The molecule has 2 fully saturated rings. The molecule has 2 aliphatic rings. The van der Waals surface area contributed by atoms with Gasteiger partial charge in [-0.05, 0) is 18.3 Å². The highest BCUT2D eigenvalue weighted by atomic mass is 14.2. The molecule has 0 amide bonds. The van der Waals surface area contributed by atoms with Gasteiger partial charge in [-0.25, -0.2) is 0 Å². The first-order valence-electron chi connectivity index (χ1n) is 7.70. The second kappa shape index (κ2) is 15.0. The summed E-state index contributed by atoms with van der Waals surface area (Å²) in [6, 6.07) is 0. The zero-order valence-corrected chi connectivity index (χ0v) is 12.8. The molecule has 2 atom stereocenters. The maximum absolute atomic E-state index is 2.35. The number of rotatable bonds is 0. The van der Waals surface area contributed by atoms with E-state index in [2.05, 4.69) is 27.7 Å². The molecular formula is C16H36. The summed E-state index contributed by atoms with van der Waals surface area (Å²) in [4.78, 5) is 0. The smallest absolute Gasteiger partial charge is 0.0440 e. The fourth-order valence-electron chi connectivity index (χ4n) is 1.74. The third kappa shape index (κ3) is 14.0. The lowest BCUT2D eigenvalue weighted by Crippen LogP contribution is -1.85. The fourth-order valence-corrected chi connectivity index (χ4v) is 1.74. The van der Waals surface area contributed by atoms with Gasteiger partial charge >= 0.3 is 0 Å². The summed E-state index contributed by atoms with van der Waals surface area (Å²) in [6.45, 7) is 13.0. The van der Waals surface area contributed by atoms with Crippen LogP contribution >= 0.6 is 0 Å². The van der Waals surface area contributed by atoms with Crippen molar-refractivity contribution in [1.29, 1.82) is 0 Å². The monoisotopic (exact) mass is 228 g/mol. The Hall–Kier alpha value is 0. The standard InChI is InChI=1S/C7H14.C4H8.C3H8.C2H6/c1-6-3-4-7(2)5-6;1-2-4-3-1;1-3-2;1-2/h6-7H,3-5H2,1-2H3;1-4H2;3H2,1-2H3;1-2H3. The van der Waals surface area contributed by atoms with E-state index < -0.39 is 0 Å². The SMILES string of the molecule is C1CCC1.CC.CC1CCC(C)C1.CCC. The summed E-state index contributed by atoms with van der Waals surface area (Å²) in [5, 5.41) is 0. The molecule has 2 rings (SSSR count). The van der Waals surface area contributed by atoms with E-state index >= 15 is 0 Å². The van der Waals surface area contributed by atoms with Gasteiger partial charge in [0.25, 0.3) is 0 Å². The Morgan fingerprint density at radius 1 is 0.750 bits per heavy atom. The van der Waals surface area contributed by atoms with Crippen molar-refractivity contribution in [1.82, 2.24) is 0 Å². The predicted octanol–water partition coefficient (Wildman–Crippen LogP) is 6.45. The van der Waals surface area contributed by atoms with Crippen LogP contribution in [0, 0.1) is 11.8 Å². The van der Waals surface area contributed by atoms with Gasteiger partial charge in [0.2, 0.25) is 0 Å². The van der Waals surface area contributed by atoms with Crippen molar-refractivity contribution in [2.75, 3.05) is 0 Å². The van der Waals surface area contributed by atoms with E-state index in [1.54, 1.807) is 0 Å². The van der Waals surface area contributed by atoms with E-state index in [4.69, 9.17) is 0 Å². The molecule has 0 bridgehead atoms. The molecule has 0 aromatic heterocycles. The van der Waals surface area contributed by atoms with Crippen LogP contribution in [0.2, 0.25) is 0 Å². The zero-order chi connectivity index (χ0) is 12.8. The van der Waals surface area contributed by atoms with Crippen LogP contribution in [0.3, 0.4) is 0 Å². The van der Waals surface area contributed by atoms with Gasteiger partial charge in [0, 0.05) is 0 Å². The molecule has 2 unspecified atom stereocenters. The zero-order valence-electron chi connectivity index (χ0n) is 12.8. The first-order valence-corrected chi connectivity index (χ1v) is 7.70. The molecule has 2 saturated carbocycles. The van der Waals surface area contributed by atoms with Gasteiger partial charge < -0.3 is 0 Å². The molecular weight excluding hydrogens is 192 g/mol. The number of hydrogen-bond acceptors (Lipinski definition) is 0. The van der Waals surface area contributed by atoms with Crippen molar-refractivity contribution in [3.05, 3.63) is 0 Å². The molecule has 0 aliphatic heterocycles. The quantitative estimate of drug-likeness (QED) is 0.447. The van der Waals surface area contributed by atoms with Gasteiger partial charge in [0.15, 0.2) is 0 Å². The molecule has 0 heterocycles. The highest BCUT2D eigenvalue weighted by Crippen LogP contribution is 2.29. The Morgan fingerprint density at radius 2 is 1.00 bits per heavy atom. The Kier molecular flexibility index (Phi) is 17.2. The lowest BCUT2D eigenvalue weighted by atomic mass is 10.0. The van der Waals surface area contributed by atoms with Crippen LogP contribution in [0.25, 0.3) is 0 Å². The van der Waals surface area contributed by atoms with Crippen LogP contribution in [0.5, 0.6) is 0 Å². The Balaban J connectivity index is 0. The van der Waals surface area contributed by atoms with Crippen molar-refractivity contribution < 1.29 is 0 Å². The van der Waals surface area contributed by atoms with Gasteiger partial charge in [0.1, 0.15) is 0 Å². The average molecular weight is 228 g/mol. The van der Waals surface area contributed by atoms with E-state index in [-0.39, 0.29) is 0 Å². The summed E-state index contributed by atoms with van der Waals surface area (Å²) in [6.07, 6.45) is 11.7. The molecule has 0 aromatic rings. The second-order valence-corrected chi connectivity index (χ2v) is 5.14. The summed E-state index contributed by atoms with van der Waals surface area (Å²) in [5.74, 6) is 2.05. The average Bonchev–Trinajstić information content (AvgIpc) is 2.52. The van der Waals surface area contributed by atoms with Crippen LogP contribution in [0.1, 0.15) is 92.9 Å². The second-order valence-electron chi connectivity index (χ2n) is 5.14. The van der Waals surface area contributed by atoms with E-state index in [1.165, 1.54) is 51.4 Å². The van der Waals surface area contributed by atoms with Crippen LogP contribution in [0.15, 0.2) is 0 Å². The maximum atomic E-state index is 2.35. The van der Waals surface area contributed by atoms with E-state index in [0.29, 0.717) is 0 Å². The largest absolute Gasteiger partial charge is 0.0683 e. The van der Waals surface area contributed by atoms with Crippen molar-refractivity contribution >= 4 is 0 Å².